The Hall–Kier alpha value is -2.40. The van der Waals surface area contributed by atoms with Crippen molar-refractivity contribution in [1.82, 2.24) is 14.8 Å². The van der Waals surface area contributed by atoms with E-state index < -0.39 is 0 Å². The van der Waals surface area contributed by atoms with Crippen molar-refractivity contribution >= 4 is 37.7 Å². The molecule has 130 valence electrons. The Labute approximate surface area is 159 Å². The van der Waals surface area contributed by atoms with Crippen molar-refractivity contribution in [2.45, 2.75) is 25.3 Å². The number of aromatic nitrogens is 3. The van der Waals surface area contributed by atoms with Crippen LogP contribution in [0.1, 0.15) is 30.0 Å². The minimum absolute atomic E-state index is 0.558. The fraction of sp³-hybridized carbons (Fsp3) is 0.238. The summed E-state index contributed by atoms with van der Waals surface area (Å²) in [5.41, 5.74) is 3.36. The molecule has 0 spiro atoms. The van der Waals surface area contributed by atoms with Gasteiger partial charge < -0.3 is 4.74 Å². The first-order valence-corrected chi connectivity index (χ1v) is 9.60. The normalized spacial score (nSPS) is 14.2. The minimum Gasteiger partial charge on any atom is -0.496 e. The van der Waals surface area contributed by atoms with Crippen molar-refractivity contribution in [3.63, 3.8) is 0 Å². The summed E-state index contributed by atoms with van der Waals surface area (Å²) in [5.74, 6) is 1.39. The number of rotatable bonds is 4. The van der Waals surface area contributed by atoms with Gasteiger partial charge in [-0.05, 0) is 51.9 Å². The van der Waals surface area contributed by atoms with Crippen molar-refractivity contribution in [2.24, 2.45) is 0 Å². The zero-order chi connectivity index (χ0) is 17.7. The number of fused-ring (bicyclic) bond motifs is 3. The van der Waals surface area contributed by atoms with Gasteiger partial charge in [-0.3, -0.25) is 0 Å². The molecule has 5 rings (SSSR count). The molecule has 1 aliphatic rings. The summed E-state index contributed by atoms with van der Waals surface area (Å²) in [6, 6.07) is 14.6. The van der Waals surface area contributed by atoms with E-state index in [2.05, 4.69) is 57.4 Å². The van der Waals surface area contributed by atoms with Crippen LogP contribution < -0.4 is 4.74 Å². The van der Waals surface area contributed by atoms with E-state index in [0.717, 1.165) is 33.2 Å². The number of hydrogen-bond acceptors (Lipinski definition) is 3. The number of methoxy groups -OCH3 is 1. The van der Waals surface area contributed by atoms with Crippen molar-refractivity contribution < 1.29 is 4.74 Å². The zero-order valence-corrected chi connectivity index (χ0v) is 16.0. The lowest BCUT2D eigenvalue weighted by atomic mass is 10.0. The van der Waals surface area contributed by atoms with Gasteiger partial charge in [-0.15, -0.1) is 0 Å². The summed E-state index contributed by atoms with van der Waals surface area (Å²) in [7, 11) is 1.70. The van der Waals surface area contributed by atoms with Crippen molar-refractivity contribution in [3.8, 4) is 5.75 Å². The smallest absolute Gasteiger partial charge is 0.158 e. The summed E-state index contributed by atoms with van der Waals surface area (Å²) in [6.45, 7) is 0.723. The Morgan fingerprint density at radius 1 is 1.12 bits per heavy atom. The molecule has 0 amide bonds. The highest BCUT2D eigenvalue weighted by Crippen LogP contribution is 2.45. The highest BCUT2D eigenvalue weighted by Gasteiger charge is 2.29. The van der Waals surface area contributed by atoms with Crippen LogP contribution in [0.5, 0.6) is 5.75 Å². The maximum atomic E-state index is 5.53. The zero-order valence-electron chi connectivity index (χ0n) is 14.4. The molecule has 2 aromatic heterocycles. The van der Waals surface area contributed by atoms with E-state index in [-0.39, 0.29) is 0 Å². The minimum atomic E-state index is 0.558. The molecule has 2 heterocycles. The van der Waals surface area contributed by atoms with Gasteiger partial charge in [-0.25, -0.2) is 9.67 Å². The first-order valence-electron chi connectivity index (χ1n) is 8.81. The second kappa shape index (κ2) is 6.09. The maximum Gasteiger partial charge on any atom is 0.158 e. The average molecular weight is 408 g/mol. The van der Waals surface area contributed by atoms with Crippen molar-refractivity contribution in [2.75, 3.05) is 7.11 Å². The molecule has 5 heteroatoms. The fourth-order valence-electron chi connectivity index (χ4n) is 3.55. The van der Waals surface area contributed by atoms with Crippen LogP contribution >= 0.6 is 15.9 Å². The lowest BCUT2D eigenvalue weighted by Crippen LogP contribution is -2.03. The van der Waals surface area contributed by atoms with E-state index in [0.29, 0.717) is 5.92 Å². The Kier molecular flexibility index (Phi) is 3.71. The third-order valence-corrected chi connectivity index (χ3v) is 5.65. The van der Waals surface area contributed by atoms with Crippen LogP contribution in [0.4, 0.5) is 0 Å². The summed E-state index contributed by atoms with van der Waals surface area (Å²) < 4.78 is 8.50. The van der Waals surface area contributed by atoms with Gasteiger partial charge >= 0.3 is 0 Å². The third-order valence-electron chi connectivity index (χ3n) is 5.04. The quantitative estimate of drug-likeness (QED) is 0.461. The lowest BCUT2D eigenvalue weighted by Gasteiger charge is -2.11. The Morgan fingerprint density at radius 3 is 2.65 bits per heavy atom. The average Bonchev–Trinajstić information content (AvgIpc) is 3.43. The van der Waals surface area contributed by atoms with Gasteiger partial charge in [0.2, 0.25) is 0 Å². The van der Waals surface area contributed by atoms with E-state index in [1.807, 2.05) is 16.9 Å². The number of halogens is 1. The largest absolute Gasteiger partial charge is 0.496 e. The van der Waals surface area contributed by atoms with Gasteiger partial charge in [0.05, 0.1) is 30.0 Å². The summed E-state index contributed by atoms with van der Waals surface area (Å²) in [6.07, 6.45) is 4.35. The van der Waals surface area contributed by atoms with Gasteiger partial charge in [0.15, 0.2) is 5.65 Å². The fourth-order valence-corrected chi connectivity index (χ4v) is 4.05. The molecule has 0 bridgehead atoms. The molecule has 2 aromatic carbocycles. The third kappa shape index (κ3) is 2.58. The van der Waals surface area contributed by atoms with E-state index in [1.165, 1.54) is 29.5 Å². The lowest BCUT2D eigenvalue weighted by molar-refractivity contribution is 0.413. The number of pyridine rings is 1. The topological polar surface area (TPSA) is 39.9 Å². The highest BCUT2D eigenvalue weighted by molar-refractivity contribution is 9.10. The van der Waals surface area contributed by atoms with Crippen LogP contribution in [-0.4, -0.2) is 21.9 Å². The summed E-state index contributed by atoms with van der Waals surface area (Å²) >= 11 is 3.62. The molecule has 0 radical (unpaired) electrons. The number of hydrogen-bond donors (Lipinski definition) is 0. The number of nitrogens with zero attached hydrogens (tertiary/aromatic N) is 3. The monoisotopic (exact) mass is 407 g/mol. The van der Waals surface area contributed by atoms with Crippen LogP contribution in [0, 0.1) is 0 Å². The number of benzene rings is 2. The van der Waals surface area contributed by atoms with Crippen LogP contribution in [0.25, 0.3) is 21.8 Å². The second-order valence-corrected chi connectivity index (χ2v) is 7.68. The molecule has 0 saturated heterocycles. The first-order chi connectivity index (χ1) is 12.7. The molecule has 1 saturated carbocycles. The SMILES string of the molecule is COc1cc2c(cc1Br)c(C1CC1)nc1c2cnn1Cc1ccccc1. The van der Waals surface area contributed by atoms with E-state index >= 15 is 0 Å². The van der Waals surface area contributed by atoms with Crippen molar-refractivity contribution in [1.29, 1.82) is 0 Å². The molecular formula is C21H18BrN3O. The Bertz CT molecular complexity index is 1120. The number of ether oxygens (including phenoxy) is 1. The first kappa shape index (κ1) is 15.8. The molecule has 0 atom stereocenters. The Morgan fingerprint density at radius 2 is 1.92 bits per heavy atom. The van der Waals surface area contributed by atoms with E-state index in [9.17, 15) is 0 Å². The highest BCUT2D eigenvalue weighted by atomic mass is 79.9. The van der Waals surface area contributed by atoms with Gasteiger partial charge in [-0.1, -0.05) is 30.3 Å². The molecular weight excluding hydrogens is 390 g/mol. The van der Waals surface area contributed by atoms with E-state index in [1.54, 1.807) is 7.11 Å². The standard InChI is InChI=1S/C21H18BrN3O/c1-26-19-10-15-16(9-18(19)22)20(14-7-8-14)24-21-17(15)11-23-25(21)12-13-5-3-2-4-6-13/h2-6,9-11,14H,7-8,12H2,1H3. The molecule has 4 nitrogen and oxygen atoms in total. The van der Waals surface area contributed by atoms with Gasteiger partial charge in [-0.2, -0.15) is 5.10 Å². The predicted molar refractivity (Wildman–Crippen MR) is 107 cm³/mol. The van der Waals surface area contributed by atoms with Gasteiger partial charge in [0.1, 0.15) is 5.75 Å². The second-order valence-electron chi connectivity index (χ2n) is 6.83. The molecule has 4 aromatic rings. The maximum absolute atomic E-state index is 5.53. The van der Waals surface area contributed by atoms with Crippen molar-refractivity contribution in [3.05, 3.63) is 64.4 Å². The van der Waals surface area contributed by atoms with Crippen LogP contribution in [0.2, 0.25) is 0 Å². The molecule has 1 aliphatic carbocycles. The summed E-state index contributed by atoms with van der Waals surface area (Å²) in [4.78, 5) is 5.06. The molecule has 26 heavy (non-hydrogen) atoms. The molecule has 0 unspecified atom stereocenters. The van der Waals surface area contributed by atoms with Gasteiger partial charge in [0, 0.05) is 16.7 Å². The van der Waals surface area contributed by atoms with Crippen LogP contribution in [0.3, 0.4) is 0 Å². The predicted octanol–water partition coefficient (Wildman–Crippen LogP) is 5.28. The van der Waals surface area contributed by atoms with Crippen LogP contribution in [0.15, 0.2) is 53.1 Å². The molecule has 0 N–H and O–H groups in total. The van der Waals surface area contributed by atoms with Gasteiger partial charge in [0.25, 0.3) is 0 Å². The Balaban J connectivity index is 1.75. The van der Waals surface area contributed by atoms with Crippen LogP contribution in [-0.2, 0) is 6.54 Å². The molecule has 0 aliphatic heterocycles. The van der Waals surface area contributed by atoms with E-state index in [4.69, 9.17) is 9.72 Å². The summed E-state index contributed by atoms with van der Waals surface area (Å²) in [5, 5.41) is 8.08. The molecule has 1 fully saturated rings.